The van der Waals surface area contributed by atoms with Gasteiger partial charge in [0.25, 0.3) is 0 Å². The zero-order chi connectivity index (χ0) is 13.8. The lowest BCUT2D eigenvalue weighted by molar-refractivity contribution is 0.119. The minimum absolute atomic E-state index is 0.0786. The van der Waals surface area contributed by atoms with Crippen molar-refractivity contribution in [3.63, 3.8) is 0 Å². The first-order chi connectivity index (χ1) is 9.81. The third-order valence-corrected chi connectivity index (χ3v) is 4.46. The average molecular weight is 277 g/mol. The summed E-state index contributed by atoms with van der Waals surface area (Å²) in [6, 6.07) is 7.81. The number of hydrogen-bond donors (Lipinski definition) is 1. The van der Waals surface area contributed by atoms with E-state index in [0.717, 1.165) is 38.3 Å². The van der Waals surface area contributed by atoms with E-state index in [1.807, 2.05) is 12.1 Å². The third-order valence-electron chi connectivity index (χ3n) is 4.46. The Balaban J connectivity index is 1.45. The van der Waals surface area contributed by atoms with Gasteiger partial charge in [-0.15, -0.1) is 0 Å². The van der Waals surface area contributed by atoms with E-state index in [1.165, 1.54) is 25.9 Å². The maximum atomic E-state index is 13.6. The van der Waals surface area contributed by atoms with E-state index in [1.54, 1.807) is 12.1 Å². The van der Waals surface area contributed by atoms with Crippen molar-refractivity contribution in [2.24, 2.45) is 0 Å². The number of nitrogens with zero attached hydrogens (tertiary/aromatic N) is 2. The predicted octanol–water partition coefficient (Wildman–Crippen LogP) is 1.70. The van der Waals surface area contributed by atoms with Gasteiger partial charge in [0, 0.05) is 50.9 Å². The molecule has 1 aromatic rings. The van der Waals surface area contributed by atoms with Crippen molar-refractivity contribution in [1.82, 2.24) is 15.1 Å². The fourth-order valence-electron chi connectivity index (χ4n) is 3.22. The highest BCUT2D eigenvalue weighted by Crippen LogP contribution is 2.13. The van der Waals surface area contributed by atoms with Crippen molar-refractivity contribution >= 4 is 0 Å². The van der Waals surface area contributed by atoms with Crippen LogP contribution in [0.1, 0.15) is 18.4 Å². The molecule has 0 saturated carbocycles. The molecule has 0 spiro atoms. The summed E-state index contributed by atoms with van der Waals surface area (Å²) in [6.45, 7) is 7.38. The van der Waals surface area contributed by atoms with E-state index in [-0.39, 0.29) is 5.82 Å². The van der Waals surface area contributed by atoms with E-state index in [9.17, 15) is 4.39 Å². The Morgan fingerprint density at radius 3 is 2.55 bits per heavy atom. The predicted molar refractivity (Wildman–Crippen MR) is 79.1 cm³/mol. The summed E-state index contributed by atoms with van der Waals surface area (Å²) >= 11 is 0. The molecular weight excluding hydrogens is 253 g/mol. The van der Waals surface area contributed by atoms with Gasteiger partial charge >= 0.3 is 0 Å². The molecule has 1 aromatic carbocycles. The van der Waals surface area contributed by atoms with Crippen LogP contribution in [0.5, 0.6) is 0 Å². The molecule has 1 unspecified atom stereocenters. The summed E-state index contributed by atoms with van der Waals surface area (Å²) in [7, 11) is 0. The molecule has 2 fully saturated rings. The van der Waals surface area contributed by atoms with Crippen molar-refractivity contribution < 1.29 is 4.39 Å². The standard InChI is InChI=1S/C16H24FN3/c17-16-6-2-1-4-14(16)12-19-8-10-20(11-9-19)13-15-5-3-7-18-15/h1-2,4,6,15,18H,3,5,7-13H2. The maximum absolute atomic E-state index is 13.6. The summed E-state index contributed by atoms with van der Waals surface area (Å²) in [5, 5.41) is 3.56. The van der Waals surface area contributed by atoms with Gasteiger partial charge in [-0.25, -0.2) is 4.39 Å². The Kier molecular flexibility index (Phi) is 4.65. The van der Waals surface area contributed by atoms with Gasteiger partial charge in [0.05, 0.1) is 0 Å². The van der Waals surface area contributed by atoms with Crippen LogP contribution >= 0.6 is 0 Å². The van der Waals surface area contributed by atoms with Gasteiger partial charge in [0.1, 0.15) is 5.82 Å². The molecule has 2 aliphatic rings. The highest BCUT2D eigenvalue weighted by Gasteiger charge is 2.22. The van der Waals surface area contributed by atoms with Crippen LogP contribution in [0.4, 0.5) is 4.39 Å². The lowest BCUT2D eigenvalue weighted by Gasteiger charge is -2.36. The molecule has 1 N–H and O–H groups in total. The summed E-state index contributed by atoms with van der Waals surface area (Å²) in [6.07, 6.45) is 2.63. The van der Waals surface area contributed by atoms with Crippen molar-refractivity contribution in [3.05, 3.63) is 35.6 Å². The fourth-order valence-corrected chi connectivity index (χ4v) is 3.22. The van der Waals surface area contributed by atoms with Crippen molar-refractivity contribution in [3.8, 4) is 0 Å². The quantitative estimate of drug-likeness (QED) is 0.903. The molecule has 3 rings (SSSR count). The van der Waals surface area contributed by atoms with Crippen LogP contribution < -0.4 is 5.32 Å². The van der Waals surface area contributed by atoms with E-state index < -0.39 is 0 Å². The number of nitrogens with one attached hydrogen (secondary N) is 1. The second-order valence-electron chi connectivity index (χ2n) is 5.96. The first-order valence-corrected chi connectivity index (χ1v) is 7.73. The lowest BCUT2D eigenvalue weighted by Crippen LogP contribution is -2.49. The Labute approximate surface area is 120 Å². The van der Waals surface area contributed by atoms with Crippen molar-refractivity contribution in [2.75, 3.05) is 39.3 Å². The molecule has 0 aromatic heterocycles. The van der Waals surface area contributed by atoms with Crippen LogP contribution in [0.25, 0.3) is 0 Å². The largest absolute Gasteiger partial charge is 0.313 e. The monoisotopic (exact) mass is 277 g/mol. The Hall–Kier alpha value is -0.970. The fraction of sp³-hybridized carbons (Fsp3) is 0.625. The number of piperazine rings is 1. The van der Waals surface area contributed by atoms with Crippen LogP contribution in [-0.4, -0.2) is 55.1 Å². The maximum Gasteiger partial charge on any atom is 0.127 e. The molecule has 4 heteroatoms. The molecule has 0 aliphatic carbocycles. The van der Waals surface area contributed by atoms with Gasteiger partial charge < -0.3 is 5.32 Å². The molecule has 2 saturated heterocycles. The van der Waals surface area contributed by atoms with Crippen LogP contribution in [0.3, 0.4) is 0 Å². The first-order valence-electron chi connectivity index (χ1n) is 7.73. The number of hydrogen-bond acceptors (Lipinski definition) is 3. The van der Waals surface area contributed by atoms with Crippen LogP contribution in [0.2, 0.25) is 0 Å². The molecule has 2 aliphatic heterocycles. The van der Waals surface area contributed by atoms with Gasteiger partial charge in [-0.2, -0.15) is 0 Å². The van der Waals surface area contributed by atoms with E-state index in [2.05, 4.69) is 15.1 Å². The second kappa shape index (κ2) is 6.66. The van der Waals surface area contributed by atoms with Gasteiger partial charge in [0.2, 0.25) is 0 Å². The SMILES string of the molecule is Fc1ccccc1CN1CCN(CC2CCCN2)CC1. The van der Waals surface area contributed by atoms with Crippen molar-refractivity contribution in [1.29, 1.82) is 0 Å². The minimum Gasteiger partial charge on any atom is -0.313 e. The Morgan fingerprint density at radius 1 is 1.10 bits per heavy atom. The lowest BCUT2D eigenvalue weighted by atomic mass is 10.1. The molecule has 1 atom stereocenters. The average Bonchev–Trinajstić information content (AvgIpc) is 2.96. The molecule has 3 nitrogen and oxygen atoms in total. The summed E-state index contributed by atoms with van der Waals surface area (Å²) in [4.78, 5) is 4.90. The first kappa shape index (κ1) is 14.0. The van der Waals surface area contributed by atoms with E-state index in [0.29, 0.717) is 6.04 Å². The molecule has 2 heterocycles. The van der Waals surface area contributed by atoms with E-state index in [4.69, 9.17) is 0 Å². The van der Waals surface area contributed by atoms with Crippen molar-refractivity contribution in [2.45, 2.75) is 25.4 Å². The van der Waals surface area contributed by atoms with Gasteiger partial charge in [-0.1, -0.05) is 18.2 Å². The zero-order valence-electron chi connectivity index (χ0n) is 12.0. The molecule has 20 heavy (non-hydrogen) atoms. The molecule has 0 radical (unpaired) electrons. The van der Waals surface area contributed by atoms with Crippen LogP contribution in [-0.2, 0) is 6.54 Å². The highest BCUT2D eigenvalue weighted by atomic mass is 19.1. The normalized spacial score (nSPS) is 25.1. The van der Waals surface area contributed by atoms with E-state index >= 15 is 0 Å². The van der Waals surface area contributed by atoms with Gasteiger partial charge in [-0.3, -0.25) is 9.80 Å². The zero-order valence-corrected chi connectivity index (χ0v) is 12.0. The smallest absolute Gasteiger partial charge is 0.127 e. The third kappa shape index (κ3) is 3.57. The molecule has 0 amide bonds. The molecule has 110 valence electrons. The highest BCUT2D eigenvalue weighted by molar-refractivity contribution is 5.17. The van der Waals surface area contributed by atoms with Crippen LogP contribution in [0.15, 0.2) is 24.3 Å². The van der Waals surface area contributed by atoms with Gasteiger partial charge in [-0.05, 0) is 25.5 Å². The topological polar surface area (TPSA) is 18.5 Å². The number of benzene rings is 1. The summed E-state index contributed by atoms with van der Waals surface area (Å²) < 4.78 is 13.6. The van der Waals surface area contributed by atoms with Crippen LogP contribution in [0, 0.1) is 5.82 Å². The molecule has 0 bridgehead atoms. The second-order valence-corrected chi connectivity index (χ2v) is 5.96. The Bertz CT molecular complexity index is 423. The number of halogens is 1. The van der Waals surface area contributed by atoms with Gasteiger partial charge in [0.15, 0.2) is 0 Å². The molecular formula is C16H24FN3. The Morgan fingerprint density at radius 2 is 1.85 bits per heavy atom. The minimum atomic E-state index is -0.0786. The summed E-state index contributed by atoms with van der Waals surface area (Å²) in [5.74, 6) is -0.0786. The summed E-state index contributed by atoms with van der Waals surface area (Å²) in [5.41, 5.74) is 0.818. The number of rotatable bonds is 4.